The summed E-state index contributed by atoms with van der Waals surface area (Å²) in [7, 11) is 0. The van der Waals surface area contributed by atoms with Gasteiger partial charge in [0.15, 0.2) is 0 Å². The van der Waals surface area contributed by atoms with Crippen molar-refractivity contribution in [1.82, 2.24) is 0 Å². The van der Waals surface area contributed by atoms with Gasteiger partial charge in [0, 0.05) is 5.57 Å². The molecule has 0 saturated heterocycles. The molecule has 1 saturated carbocycles. The molecule has 0 bridgehead atoms. The van der Waals surface area contributed by atoms with Gasteiger partial charge in [-0.15, -0.1) is 0 Å². The first-order valence-corrected chi connectivity index (χ1v) is 4.92. The molecule has 0 N–H and O–H groups in total. The minimum atomic E-state index is -0.250. The van der Waals surface area contributed by atoms with E-state index in [9.17, 15) is 4.79 Å². The fourth-order valence-electron chi connectivity index (χ4n) is 1.79. The van der Waals surface area contributed by atoms with Crippen molar-refractivity contribution < 1.29 is 9.53 Å². The van der Waals surface area contributed by atoms with Gasteiger partial charge in [-0.25, -0.2) is 4.79 Å². The summed E-state index contributed by atoms with van der Waals surface area (Å²) < 4.78 is 5.10. The van der Waals surface area contributed by atoms with Gasteiger partial charge >= 0.3 is 5.97 Å². The van der Waals surface area contributed by atoms with Gasteiger partial charge in [-0.05, 0) is 31.6 Å². The van der Waals surface area contributed by atoms with Gasteiger partial charge in [0.25, 0.3) is 0 Å². The van der Waals surface area contributed by atoms with Crippen LogP contribution in [-0.4, -0.2) is 12.6 Å². The Morgan fingerprint density at radius 3 is 2.69 bits per heavy atom. The van der Waals surface area contributed by atoms with Gasteiger partial charge in [0.2, 0.25) is 0 Å². The zero-order valence-electron chi connectivity index (χ0n) is 8.51. The monoisotopic (exact) mass is 182 g/mol. The van der Waals surface area contributed by atoms with Crippen LogP contribution < -0.4 is 0 Å². The quantitative estimate of drug-likeness (QED) is 0.495. The molecule has 0 radical (unpaired) electrons. The summed E-state index contributed by atoms with van der Waals surface area (Å²) in [5, 5.41) is 0. The lowest BCUT2D eigenvalue weighted by atomic mass is 10.1. The second-order valence-corrected chi connectivity index (χ2v) is 4.16. The van der Waals surface area contributed by atoms with Crippen molar-refractivity contribution in [2.24, 2.45) is 11.8 Å². The molecule has 0 spiro atoms. The van der Waals surface area contributed by atoms with Crippen LogP contribution in [0.15, 0.2) is 12.2 Å². The molecule has 2 nitrogen and oxygen atoms in total. The van der Waals surface area contributed by atoms with E-state index >= 15 is 0 Å². The van der Waals surface area contributed by atoms with Crippen LogP contribution in [0.5, 0.6) is 0 Å². The predicted molar refractivity (Wildman–Crippen MR) is 52.3 cm³/mol. The molecule has 1 aliphatic rings. The standard InChI is InChI=1S/C11H18O2/c1-8(2)11(12)13-7-10-5-4-9(3)6-10/h9-10H,1,4-7H2,2-3H3. The Morgan fingerprint density at radius 1 is 1.54 bits per heavy atom. The summed E-state index contributed by atoms with van der Waals surface area (Å²) in [6.07, 6.45) is 3.67. The molecule has 0 heterocycles. The second-order valence-electron chi connectivity index (χ2n) is 4.16. The van der Waals surface area contributed by atoms with E-state index in [1.54, 1.807) is 6.92 Å². The zero-order valence-corrected chi connectivity index (χ0v) is 8.51. The maximum atomic E-state index is 11.1. The Kier molecular flexibility index (Phi) is 3.52. The number of hydrogen-bond donors (Lipinski definition) is 0. The maximum Gasteiger partial charge on any atom is 0.333 e. The third-order valence-corrected chi connectivity index (χ3v) is 2.60. The van der Waals surface area contributed by atoms with Gasteiger partial charge in [0.1, 0.15) is 0 Å². The van der Waals surface area contributed by atoms with Crippen molar-refractivity contribution in [3.8, 4) is 0 Å². The smallest absolute Gasteiger partial charge is 0.333 e. The highest BCUT2D eigenvalue weighted by atomic mass is 16.5. The summed E-state index contributed by atoms with van der Waals surface area (Å²) in [4.78, 5) is 11.1. The van der Waals surface area contributed by atoms with E-state index < -0.39 is 0 Å². The van der Waals surface area contributed by atoms with Gasteiger partial charge in [-0.3, -0.25) is 0 Å². The average Bonchev–Trinajstić information content (AvgIpc) is 2.47. The fraction of sp³-hybridized carbons (Fsp3) is 0.727. The van der Waals surface area contributed by atoms with Crippen molar-refractivity contribution >= 4 is 5.97 Å². The van der Waals surface area contributed by atoms with E-state index in [4.69, 9.17) is 4.74 Å². The summed E-state index contributed by atoms with van der Waals surface area (Å²) >= 11 is 0. The Morgan fingerprint density at radius 2 is 2.23 bits per heavy atom. The van der Waals surface area contributed by atoms with E-state index in [1.165, 1.54) is 19.3 Å². The molecule has 74 valence electrons. The van der Waals surface area contributed by atoms with E-state index in [2.05, 4.69) is 13.5 Å². The molecule has 1 fully saturated rings. The van der Waals surface area contributed by atoms with Crippen LogP contribution in [0.25, 0.3) is 0 Å². The number of rotatable bonds is 3. The number of carbonyl (C=O) groups excluding carboxylic acids is 1. The Labute approximate surface area is 80.0 Å². The summed E-state index contributed by atoms with van der Waals surface area (Å²) in [5.41, 5.74) is 0.492. The van der Waals surface area contributed by atoms with Crippen LogP contribution >= 0.6 is 0 Å². The van der Waals surface area contributed by atoms with Crippen molar-refractivity contribution in [1.29, 1.82) is 0 Å². The lowest BCUT2D eigenvalue weighted by molar-refractivity contribution is -0.140. The molecule has 1 rings (SSSR count). The molecule has 2 atom stereocenters. The molecule has 0 aliphatic heterocycles. The molecule has 0 aromatic rings. The van der Waals surface area contributed by atoms with E-state index in [-0.39, 0.29) is 5.97 Å². The SMILES string of the molecule is C=C(C)C(=O)OCC1CCC(C)C1. The third kappa shape index (κ3) is 3.21. The van der Waals surface area contributed by atoms with Crippen LogP contribution in [0.2, 0.25) is 0 Å². The first-order chi connectivity index (χ1) is 6.09. The van der Waals surface area contributed by atoms with Gasteiger partial charge in [-0.2, -0.15) is 0 Å². The van der Waals surface area contributed by atoms with Crippen LogP contribution in [0, 0.1) is 11.8 Å². The largest absolute Gasteiger partial charge is 0.462 e. The minimum Gasteiger partial charge on any atom is -0.462 e. The van der Waals surface area contributed by atoms with Crippen LogP contribution in [0.1, 0.15) is 33.1 Å². The zero-order chi connectivity index (χ0) is 9.84. The van der Waals surface area contributed by atoms with Crippen LogP contribution in [0.4, 0.5) is 0 Å². The second kappa shape index (κ2) is 4.45. The lowest BCUT2D eigenvalue weighted by Gasteiger charge is -2.09. The molecule has 13 heavy (non-hydrogen) atoms. The summed E-state index contributed by atoms with van der Waals surface area (Å²) in [6, 6.07) is 0. The highest BCUT2D eigenvalue weighted by Gasteiger charge is 2.22. The highest BCUT2D eigenvalue weighted by molar-refractivity contribution is 5.86. The molecule has 0 amide bonds. The predicted octanol–water partition coefficient (Wildman–Crippen LogP) is 2.54. The highest BCUT2D eigenvalue weighted by Crippen LogP contribution is 2.30. The third-order valence-electron chi connectivity index (χ3n) is 2.60. The van der Waals surface area contributed by atoms with Crippen molar-refractivity contribution in [3.63, 3.8) is 0 Å². The average molecular weight is 182 g/mol. The molecule has 2 unspecified atom stereocenters. The molecule has 1 aliphatic carbocycles. The van der Waals surface area contributed by atoms with E-state index in [0.717, 1.165) is 5.92 Å². The number of carbonyl (C=O) groups is 1. The summed E-state index contributed by atoms with van der Waals surface area (Å²) in [6.45, 7) is 8.05. The molecule has 0 aromatic carbocycles. The normalized spacial score (nSPS) is 27.2. The summed E-state index contributed by atoms with van der Waals surface area (Å²) in [5.74, 6) is 1.13. The number of hydrogen-bond acceptors (Lipinski definition) is 2. The van der Waals surface area contributed by atoms with Crippen molar-refractivity contribution in [2.75, 3.05) is 6.61 Å². The first-order valence-electron chi connectivity index (χ1n) is 4.92. The topological polar surface area (TPSA) is 26.3 Å². The first kappa shape index (κ1) is 10.3. The van der Waals surface area contributed by atoms with E-state index in [1.807, 2.05) is 0 Å². The number of ether oxygens (including phenoxy) is 1. The minimum absolute atomic E-state index is 0.250. The van der Waals surface area contributed by atoms with Gasteiger partial charge in [-0.1, -0.05) is 19.9 Å². The molecular weight excluding hydrogens is 164 g/mol. The molecule has 2 heteroatoms. The van der Waals surface area contributed by atoms with Crippen molar-refractivity contribution in [2.45, 2.75) is 33.1 Å². The maximum absolute atomic E-state index is 11.1. The van der Waals surface area contributed by atoms with Crippen LogP contribution in [-0.2, 0) is 9.53 Å². The van der Waals surface area contributed by atoms with E-state index in [0.29, 0.717) is 18.1 Å². The Bertz CT molecular complexity index is 208. The van der Waals surface area contributed by atoms with Crippen LogP contribution in [0.3, 0.4) is 0 Å². The number of esters is 1. The Balaban J connectivity index is 2.20. The molecule has 0 aromatic heterocycles. The Hall–Kier alpha value is -0.790. The molecular formula is C11H18O2. The van der Waals surface area contributed by atoms with Gasteiger partial charge in [0.05, 0.1) is 6.61 Å². The fourth-order valence-corrected chi connectivity index (χ4v) is 1.79. The lowest BCUT2D eigenvalue weighted by Crippen LogP contribution is -2.12. The van der Waals surface area contributed by atoms with Crippen molar-refractivity contribution in [3.05, 3.63) is 12.2 Å². The van der Waals surface area contributed by atoms with Gasteiger partial charge < -0.3 is 4.74 Å².